The Morgan fingerprint density at radius 2 is 1.88 bits per heavy atom. The zero-order valence-corrected chi connectivity index (χ0v) is 20.4. The van der Waals surface area contributed by atoms with Gasteiger partial charge in [-0.05, 0) is 44.0 Å². The molecule has 1 aromatic carbocycles. The number of amides is 1. The molecule has 0 aliphatic heterocycles. The van der Waals surface area contributed by atoms with Gasteiger partial charge in [0.25, 0.3) is 5.69 Å². The van der Waals surface area contributed by atoms with E-state index in [1.54, 1.807) is 18.7 Å². The summed E-state index contributed by atoms with van der Waals surface area (Å²) in [5, 5.41) is 11.0. The van der Waals surface area contributed by atoms with Crippen molar-refractivity contribution in [3.8, 4) is 0 Å². The smallest absolute Gasteiger partial charge is 0.289 e. The van der Waals surface area contributed by atoms with Crippen molar-refractivity contribution in [1.82, 2.24) is 13.8 Å². The number of aromatic nitrogens is 1. The van der Waals surface area contributed by atoms with E-state index in [4.69, 9.17) is 11.6 Å². The maximum atomic E-state index is 13.3. The van der Waals surface area contributed by atoms with E-state index in [0.29, 0.717) is 13.1 Å². The molecule has 1 amide bonds. The maximum Gasteiger partial charge on any atom is 0.289 e. The van der Waals surface area contributed by atoms with Gasteiger partial charge < -0.3 is 9.47 Å². The van der Waals surface area contributed by atoms with Gasteiger partial charge >= 0.3 is 0 Å². The molecule has 0 fully saturated rings. The topological polar surface area (TPSA) is 106 Å². The second kappa shape index (κ2) is 10.5. The molecule has 0 aliphatic carbocycles. The molecule has 0 saturated carbocycles. The van der Waals surface area contributed by atoms with Crippen molar-refractivity contribution in [2.75, 3.05) is 13.1 Å². The molecule has 2 rings (SSSR count). The van der Waals surface area contributed by atoms with E-state index in [1.807, 2.05) is 43.8 Å². The third-order valence-corrected chi connectivity index (χ3v) is 7.27. The van der Waals surface area contributed by atoms with E-state index in [1.165, 1.54) is 12.1 Å². The summed E-state index contributed by atoms with van der Waals surface area (Å²) in [4.78, 5) is 25.0. The van der Waals surface area contributed by atoms with Crippen LogP contribution in [0.3, 0.4) is 0 Å². The molecule has 0 bridgehead atoms. The molecule has 0 N–H and O–H groups in total. The lowest BCUT2D eigenvalue weighted by molar-refractivity contribution is -0.384. The van der Waals surface area contributed by atoms with Crippen LogP contribution in [0, 0.1) is 16.0 Å². The summed E-state index contributed by atoms with van der Waals surface area (Å²) < 4.78 is 29.6. The lowest BCUT2D eigenvalue weighted by Crippen LogP contribution is -2.46. The average molecular weight is 485 g/mol. The highest BCUT2D eigenvalue weighted by atomic mass is 35.5. The number of rotatable bonds is 10. The molecule has 0 saturated heterocycles. The van der Waals surface area contributed by atoms with E-state index < -0.39 is 26.7 Å². The number of aryl methyl sites for hydroxylation is 1. The molecule has 9 nitrogen and oxygen atoms in total. The number of nitrogens with zero attached hydrogens (tertiary/aromatic N) is 4. The minimum absolute atomic E-state index is 0.160. The van der Waals surface area contributed by atoms with Crippen molar-refractivity contribution in [2.45, 2.75) is 45.2 Å². The predicted octanol–water partition coefficient (Wildman–Crippen LogP) is 3.67. The Bertz CT molecular complexity index is 1080. The second-order valence-electron chi connectivity index (χ2n) is 8.29. The van der Waals surface area contributed by atoms with Crippen LogP contribution in [-0.2, 0) is 28.4 Å². The molecule has 0 atom stereocenters. The van der Waals surface area contributed by atoms with E-state index in [2.05, 4.69) is 0 Å². The Hall–Kier alpha value is -2.43. The van der Waals surface area contributed by atoms with E-state index >= 15 is 0 Å². The van der Waals surface area contributed by atoms with Gasteiger partial charge in [0.05, 0.1) is 22.9 Å². The number of hydrogen-bond donors (Lipinski definition) is 0. The van der Waals surface area contributed by atoms with Crippen LogP contribution >= 0.6 is 11.6 Å². The Morgan fingerprint density at radius 1 is 1.22 bits per heavy atom. The molecule has 0 spiro atoms. The molecule has 11 heteroatoms. The first-order chi connectivity index (χ1) is 14.8. The number of carbonyl (C=O) groups excluding carboxylic acids is 1. The standard InChI is InChI=1S/C21H29ClN4O5S/c1-15(2)12-24(13-17-7-6-10-23(17)5)21(27)14-25(16(3)4)32(30,31)18-8-9-19(22)20(11-18)26(28)29/h6-11,15-16H,12-14H2,1-5H3. The van der Waals surface area contributed by atoms with Gasteiger partial charge in [-0.2, -0.15) is 4.31 Å². The zero-order chi connectivity index (χ0) is 24.2. The summed E-state index contributed by atoms with van der Waals surface area (Å²) in [7, 11) is -2.30. The predicted molar refractivity (Wildman–Crippen MR) is 123 cm³/mol. The molecule has 1 aromatic heterocycles. The van der Waals surface area contributed by atoms with Crippen molar-refractivity contribution >= 4 is 33.2 Å². The fourth-order valence-electron chi connectivity index (χ4n) is 3.26. The Morgan fingerprint density at radius 3 is 2.38 bits per heavy atom. The van der Waals surface area contributed by atoms with Crippen LogP contribution in [0.4, 0.5) is 5.69 Å². The number of halogens is 1. The first kappa shape index (κ1) is 25.8. The SMILES string of the molecule is CC(C)CN(Cc1cccn1C)C(=O)CN(C(C)C)S(=O)(=O)c1ccc(Cl)c([N+](=O)[O-])c1. The van der Waals surface area contributed by atoms with E-state index in [0.717, 1.165) is 16.1 Å². The Balaban J connectivity index is 2.36. The van der Waals surface area contributed by atoms with Crippen molar-refractivity contribution in [2.24, 2.45) is 13.0 Å². The molecule has 0 unspecified atom stereocenters. The van der Waals surface area contributed by atoms with Crippen molar-refractivity contribution in [1.29, 1.82) is 0 Å². The molecule has 1 heterocycles. The first-order valence-electron chi connectivity index (χ1n) is 10.2. The largest absolute Gasteiger partial charge is 0.353 e. The van der Waals surface area contributed by atoms with Gasteiger partial charge in [0.2, 0.25) is 15.9 Å². The van der Waals surface area contributed by atoms with Gasteiger partial charge in [0.1, 0.15) is 5.02 Å². The summed E-state index contributed by atoms with van der Waals surface area (Å²) in [5.41, 5.74) is 0.416. The Kier molecular flexibility index (Phi) is 8.44. The minimum Gasteiger partial charge on any atom is -0.353 e. The lowest BCUT2D eigenvalue weighted by atomic mass is 10.2. The highest BCUT2D eigenvalue weighted by Crippen LogP contribution is 2.29. The molecule has 0 radical (unpaired) electrons. The van der Waals surface area contributed by atoms with Crippen molar-refractivity contribution in [3.05, 3.63) is 57.4 Å². The highest BCUT2D eigenvalue weighted by Gasteiger charge is 2.32. The van der Waals surface area contributed by atoms with Gasteiger partial charge in [-0.1, -0.05) is 25.4 Å². The van der Waals surface area contributed by atoms with Crippen LogP contribution in [0.1, 0.15) is 33.4 Å². The summed E-state index contributed by atoms with van der Waals surface area (Å²) in [5.74, 6) is -0.164. The third-order valence-electron chi connectivity index (χ3n) is 4.93. The van der Waals surface area contributed by atoms with Gasteiger partial charge in [-0.15, -0.1) is 0 Å². The number of carbonyl (C=O) groups is 1. The second-order valence-corrected chi connectivity index (χ2v) is 10.6. The first-order valence-corrected chi connectivity index (χ1v) is 12.0. The minimum atomic E-state index is -4.18. The maximum absolute atomic E-state index is 13.3. The van der Waals surface area contributed by atoms with Crippen LogP contribution in [-0.4, -0.2) is 52.2 Å². The normalized spacial score (nSPS) is 12.0. The summed E-state index contributed by atoms with van der Waals surface area (Å²) in [6.07, 6.45) is 1.88. The monoisotopic (exact) mass is 484 g/mol. The van der Waals surface area contributed by atoms with E-state index in [9.17, 15) is 23.3 Å². The molecular weight excluding hydrogens is 456 g/mol. The molecule has 0 aliphatic rings. The molecule has 32 heavy (non-hydrogen) atoms. The molecule has 2 aromatic rings. The van der Waals surface area contributed by atoms with Gasteiger partial charge in [0, 0.05) is 37.6 Å². The third kappa shape index (κ3) is 6.08. The van der Waals surface area contributed by atoms with Crippen molar-refractivity contribution < 1.29 is 18.1 Å². The van der Waals surface area contributed by atoms with Crippen LogP contribution < -0.4 is 0 Å². The number of sulfonamides is 1. The van der Waals surface area contributed by atoms with Crippen LogP contribution in [0.5, 0.6) is 0 Å². The molecule has 176 valence electrons. The van der Waals surface area contributed by atoms with Crippen molar-refractivity contribution in [3.63, 3.8) is 0 Å². The zero-order valence-electron chi connectivity index (χ0n) is 18.9. The van der Waals surface area contributed by atoms with Crippen LogP contribution in [0.25, 0.3) is 0 Å². The highest BCUT2D eigenvalue weighted by molar-refractivity contribution is 7.89. The fourth-order valence-corrected chi connectivity index (χ4v) is 5.05. The number of benzene rings is 1. The van der Waals surface area contributed by atoms with Gasteiger partial charge in [0.15, 0.2) is 0 Å². The summed E-state index contributed by atoms with van der Waals surface area (Å²) in [6, 6.07) is 6.55. The van der Waals surface area contributed by atoms with Crippen LogP contribution in [0.2, 0.25) is 5.02 Å². The van der Waals surface area contributed by atoms with E-state index in [-0.39, 0.29) is 28.3 Å². The number of hydrogen-bond acceptors (Lipinski definition) is 5. The van der Waals surface area contributed by atoms with Gasteiger partial charge in [-0.3, -0.25) is 14.9 Å². The van der Waals surface area contributed by atoms with Crippen LogP contribution in [0.15, 0.2) is 41.4 Å². The summed E-state index contributed by atoms with van der Waals surface area (Å²) >= 11 is 5.83. The Labute approximate surface area is 193 Å². The van der Waals surface area contributed by atoms with Gasteiger partial charge in [-0.25, -0.2) is 8.42 Å². The number of nitro groups is 1. The lowest BCUT2D eigenvalue weighted by Gasteiger charge is -2.30. The quantitative estimate of drug-likeness (QED) is 0.378. The fraction of sp³-hybridized carbons (Fsp3) is 0.476. The molecular formula is C21H29ClN4O5S. The average Bonchev–Trinajstić information content (AvgIpc) is 3.09. The number of nitro benzene ring substituents is 1. The summed E-state index contributed by atoms with van der Waals surface area (Å²) in [6.45, 7) is 7.69.